The van der Waals surface area contributed by atoms with Crippen molar-refractivity contribution in [2.24, 2.45) is 0 Å². The van der Waals surface area contributed by atoms with Crippen LogP contribution in [0.3, 0.4) is 0 Å². The molecular weight excluding hydrogens is 461 g/mol. The zero-order valence-corrected chi connectivity index (χ0v) is 20.1. The highest BCUT2D eigenvalue weighted by molar-refractivity contribution is 8.00. The van der Waals surface area contributed by atoms with Gasteiger partial charge in [-0.05, 0) is 62.7 Å². The third-order valence-electron chi connectivity index (χ3n) is 5.90. The van der Waals surface area contributed by atoms with E-state index in [9.17, 15) is 9.18 Å². The molecule has 0 unspecified atom stereocenters. The standard InChI is InChI=1S/C24H23ClFN5OS/c1-24(2)31(20-18(25)5-4-6-19(20)26)22(32)17-12-27-23(29-21(17)33-24)28-16-8-7-14-9-10-30(3)13-15(14)11-16/h4-8,11-12H,9-10,13H2,1-3H3,(H,27,28,29). The summed E-state index contributed by atoms with van der Waals surface area (Å²) in [5.74, 6) is -0.527. The molecule has 2 aliphatic heterocycles. The van der Waals surface area contributed by atoms with E-state index in [-0.39, 0.29) is 16.6 Å². The van der Waals surface area contributed by atoms with Crippen molar-refractivity contribution >= 4 is 46.6 Å². The smallest absolute Gasteiger partial charge is 0.263 e. The van der Waals surface area contributed by atoms with Crippen LogP contribution >= 0.6 is 23.4 Å². The first-order valence-corrected chi connectivity index (χ1v) is 11.8. The van der Waals surface area contributed by atoms with Crippen LogP contribution in [0.1, 0.15) is 35.3 Å². The molecule has 1 aromatic heterocycles. The van der Waals surface area contributed by atoms with Crippen molar-refractivity contribution < 1.29 is 9.18 Å². The Labute approximate surface area is 201 Å². The number of halogens is 2. The normalized spacial score (nSPS) is 17.5. The molecule has 0 fully saturated rings. The van der Waals surface area contributed by atoms with E-state index in [0.717, 1.165) is 25.2 Å². The zero-order valence-electron chi connectivity index (χ0n) is 18.5. The molecule has 170 valence electrons. The summed E-state index contributed by atoms with van der Waals surface area (Å²) in [5, 5.41) is 3.99. The minimum Gasteiger partial charge on any atom is -0.324 e. The molecular formula is C24H23ClFN5OS. The van der Waals surface area contributed by atoms with Crippen LogP contribution in [0, 0.1) is 5.82 Å². The number of aromatic nitrogens is 2. The molecule has 9 heteroatoms. The number of carbonyl (C=O) groups excluding carboxylic acids is 1. The van der Waals surface area contributed by atoms with Crippen molar-refractivity contribution in [3.63, 3.8) is 0 Å². The lowest BCUT2D eigenvalue weighted by molar-refractivity contribution is 0.0968. The number of amides is 1. The molecule has 2 aliphatic rings. The number of nitrogens with one attached hydrogen (secondary N) is 1. The number of anilines is 3. The number of hydrogen-bond acceptors (Lipinski definition) is 6. The summed E-state index contributed by atoms with van der Waals surface area (Å²) < 4.78 is 14.6. The van der Waals surface area contributed by atoms with Gasteiger partial charge < -0.3 is 10.2 Å². The molecule has 0 saturated heterocycles. The summed E-state index contributed by atoms with van der Waals surface area (Å²) in [7, 11) is 2.11. The summed E-state index contributed by atoms with van der Waals surface area (Å²) >= 11 is 7.64. The van der Waals surface area contributed by atoms with Crippen LogP contribution in [0.15, 0.2) is 47.6 Å². The Bertz CT molecular complexity index is 1250. The molecule has 0 radical (unpaired) electrons. The van der Waals surface area contributed by atoms with Gasteiger partial charge in [0.15, 0.2) is 0 Å². The number of para-hydroxylation sites is 1. The Morgan fingerprint density at radius 2 is 2.03 bits per heavy atom. The summed E-state index contributed by atoms with van der Waals surface area (Å²) in [6.45, 7) is 5.65. The fourth-order valence-electron chi connectivity index (χ4n) is 4.28. The topological polar surface area (TPSA) is 61.4 Å². The number of rotatable bonds is 3. The molecule has 3 heterocycles. The van der Waals surface area contributed by atoms with Crippen LogP contribution in [-0.4, -0.2) is 39.2 Å². The van der Waals surface area contributed by atoms with Crippen molar-refractivity contribution in [3.8, 4) is 0 Å². The van der Waals surface area contributed by atoms with E-state index in [1.165, 1.54) is 46.1 Å². The van der Waals surface area contributed by atoms with Crippen molar-refractivity contribution in [2.45, 2.75) is 36.7 Å². The second kappa shape index (κ2) is 8.27. The van der Waals surface area contributed by atoms with Gasteiger partial charge in [-0.25, -0.2) is 14.4 Å². The summed E-state index contributed by atoms with van der Waals surface area (Å²) in [6.07, 6.45) is 2.53. The monoisotopic (exact) mass is 483 g/mol. The Kier molecular flexibility index (Phi) is 5.55. The molecule has 0 bridgehead atoms. The molecule has 0 aliphatic carbocycles. The maximum absolute atomic E-state index is 14.6. The summed E-state index contributed by atoms with van der Waals surface area (Å²) in [6, 6.07) is 10.7. The minimum absolute atomic E-state index is 0.0635. The fraction of sp³-hybridized carbons (Fsp3) is 0.292. The van der Waals surface area contributed by atoms with Crippen LogP contribution in [0.2, 0.25) is 5.02 Å². The summed E-state index contributed by atoms with van der Waals surface area (Å²) in [4.78, 5) is 25.2. The van der Waals surface area contributed by atoms with Gasteiger partial charge in [-0.2, -0.15) is 0 Å². The Balaban J connectivity index is 1.46. The number of likely N-dealkylation sites (N-methyl/N-ethyl adjacent to an activating group) is 1. The molecule has 6 nitrogen and oxygen atoms in total. The van der Waals surface area contributed by atoms with Gasteiger partial charge in [0, 0.05) is 25.0 Å². The highest BCUT2D eigenvalue weighted by Gasteiger charge is 2.43. The average molecular weight is 484 g/mol. The second-order valence-corrected chi connectivity index (χ2v) is 10.8. The third-order valence-corrected chi connectivity index (χ3v) is 7.39. The number of carbonyl (C=O) groups is 1. The lowest BCUT2D eigenvalue weighted by Gasteiger charge is -2.41. The first-order valence-electron chi connectivity index (χ1n) is 10.6. The maximum atomic E-state index is 14.6. The first-order chi connectivity index (χ1) is 15.7. The Hall–Kier alpha value is -2.68. The van der Waals surface area contributed by atoms with Crippen molar-refractivity contribution in [3.05, 3.63) is 70.1 Å². The van der Waals surface area contributed by atoms with E-state index < -0.39 is 10.7 Å². The van der Waals surface area contributed by atoms with E-state index in [0.29, 0.717) is 16.5 Å². The number of hydrogen-bond donors (Lipinski definition) is 1. The Morgan fingerprint density at radius 1 is 1.21 bits per heavy atom. The molecule has 33 heavy (non-hydrogen) atoms. The SMILES string of the molecule is CN1CCc2ccc(Nc3ncc4c(n3)SC(C)(C)N(c3c(F)cccc3Cl)C4=O)cc2C1. The average Bonchev–Trinajstić information content (AvgIpc) is 2.75. The fourth-order valence-corrected chi connectivity index (χ4v) is 5.64. The molecule has 1 amide bonds. The zero-order chi connectivity index (χ0) is 23.3. The molecule has 0 spiro atoms. The molecule has 1 N–H and O–H groups in total. The number of fused-ring (bicyclic) bond motifs is 2. The van der Waals surface area contributed by atoms with Gasteiger partial charge in [-0.15, -0.1) is 0 Å². The van der Waals surface area contributed by atoms with Gasteiger partial charge in [0.2, 0.25) is 5.95 Å². The van der Waals surface area contributed by atoms with Gasteiger partial charge in [0.05, 0.1) is 21.1 Å². The number of thioether (sulfide) groups is 1. The van der Waals surface area contributed by atoms with Crippen LogP contribution in [-0.2, 0) is 13.0 Å². The lowest BCUT2D eigenvalue weighted by Crippen LogP contribution is -2.49. The van der Waals surface area contributed by atoms with E-state index in [4.69, 9.17) is 11.6 Å². The largest absolute Gasteiger partial charge is 0.324 e. The van der Waals surface area contributed by atoms with E-state index in [1.807, 2.05) is 19.9 Å². The highest BCUT2D eigenvalue weighted by Crippen LogP contribution is 2.46. The second-order valence-electron chi connectivity index (χ2n) is 8.77. The summed E-state index contributed by atoms with van der Waals surface area (Å²) in [5.41, 5.74) is 3.93. The molecule has 0 saturated carbocycles. The molecule has 3 aromatic rings. The number of benzene rings is 2. The van der Waals surface area contributed by atoms with E-state index in [2.05, 4.69) is 39.4 Å². The first kappa shape index (κ1) is 22.1. The van der Waals surface area contributed by atoms with Gasteiger partial charge in [-0.1, -0.05) is 35.5 Å². The quantitative estimate of drug-likeness (QED) is 0.497. The van der Waals surface area contributed by atoms with Crippen LogP contribution in [0.5, 0.6) is 0 Å². The van der Waals surface area contributed by atoms with Gasteiger partial charge in [-0.3, -0.25) is 9.69 Å². The predicted octanol–water partition coefficient (Wildman–Crippen LogP) is 5.49. The van der Waals surface area contributed by atoms with Crippen molar-refractivity contribution in [1.29, 1.82) is 0 Å². The third kappa shape index (κ3) is 4.07. The van der Waals surface area contributed by atoms with Gasteiger partial charge >= 0.3 is 0 Å². The van der Waals surface area contributed by atoms with Gasteiger partial charge in [0.25, 0.3) is 5.91 Å². The van der Waals surface area contributed by atoms with E-state index in [1.54, 1.807) is 6.07 Å². The van der Waals surface area contributed by atoms with Crippen molar-refractivity contribution in [2.75, 3.05) is 23.8 Å². The van der Waals surface area contributed by atoms with Crippen LogP contribution < -0.4 is 10.2 Å². The Morgan fingerprint density at radius 3 is 2.82 bits per heavy atom. The molecule has 5 rings (SSSR count). The van der Waals surface area contributed by atoms with E-state index >= 15 is 0 Å². The highest BCUT2D eigenvalue weighted by atomic mass is 35.5. The van der Waals surface area contributed by atoms with Crippen LogP contribution in [0.25, 0.3) is 0 Å². The lowest BCUT2D eigenvalue weighted by atomic mass is 9.99. The maximum Gasteiger partial charge on any atom is 0.263 e. The predicted molar refractivity (Wildman–Crippen MR) is 130 cm³/mol. The number of nitrogens with zero attached hydrogens (tertiary/aromatic N) is 4. The van der Waals surface area contributed by atoms with Gasteiger partial charge in [0.1, 0.15) is 10.8 Å². The molecule has 2 aromatic carbocycles. The van der Waals surface area contributed by atoms with Crippen molar-refractivity contribution in [1.82, 2.24) is 14.9 Å². The molecule has 0 atom stereocenters. The minimum atomic E-state index is -0.808. The van der Waals surface area contributed by atoms with Crippen LogP contribution in [0.4, 0.5) is 21.7 Å².